The highest BCUT2D eigenvalue weighted by Crippen LogP contribution is 2.32. The zero-order chi connectivity index (χ0) is 12.0. The van der Waals surface area contributed by atoms with E-state index in [1.807, 2.05) is 0 Å². The molecule has 0 saturated carbocycles. The summed E-state index contributed by atoms with van der Waals surface area (Å²) in [4.78, 5) is 0. The fourth-order valence-corrected chi connectivity index (χ4v) is 1.69. The van der Waals surface area contributed by atoms with E-state index < -0.39 is 6.43 Å². The molecule has 0 aliphatic heterocycles. The Hall–Kier alpha value is -1.16. The van der Waals surface area contributed by atoms with Gasteiger partial charge in [-0.25, -0.2) is 8.78 Å². The first-order valence-electron chi connectivity index (χ1n) is 5.34. The molecule has 2 nitrogen and oxygen atoms in total. The quantitative estimate of drug-likeness (QED) is 0.761. The Morgan fingerprint density at radius 3 is 2.62 bits per heavy atom. The maximum atomic E-state index is 12.9. The first kappa shape index (κ1) is 12.9. The summed E-state index contributed by atoms with van der Waals surface area (Å²) in [6.07, 6.45) is -0.207. The molecule has 1 aromatic carbocycles. The largest absolute Gasteiger partial charge is 0.496 e. The highest BCUT2D eigenvalue weighted by Gasteiger charge is 2.17. The highest BCUT2D eigenvalue weighted by molar-refractivity contribution is 5.41. The van der Waals surface area contributed by atoms with Crippen molar-refractivity contribution in [1.29, 1.82) is 0 Å². The second kappa shape index (κ2) is 6.43. The molecule has 0 saturated heterocycles. The number of methoxy groups -OCH3 is 1. The average molecular weight is 229 g/mol. The van der Waals surface area contributed by atoms with E-state index in [1.54, 1.807) is 18.2 Å². The number of benzene rings is 1. The summed E-state index contributed by atoms with van der Waals surface area (Å²) in [6.45, 7) is 0.591. The number of aryl methyl sites for hydroxylation is 1. The molecule has 0 aromatic heterocycles. The number of halogens is 2. The average Bonchev–Trinajstić information content (AvgIpc) is 2.28. The van der Waals surface area contributed by atoms with Crippen LogP contribution in [0.25, 0.3) is 0 Å². The topological polar surface area (TPSA) is 35.2 Å². The van der Waals surface area contributed by atoms with Crippen molar-refractivity contribution in [3.63, 3.8) is 0 Å². The van der Waals surface area contributed by atoms with Crippen molar-refractivity contribution in [2.75, 3.05) is 13.7 Å². The van der Waals surface area contributed by atoms with Gasteiger partial charge < -0.3 is 10.5 Å². The van der Waals surface area contributed by atoms with Gasteiger partial charge in [-0.3, -0.25) is 0 Å². The molecule has 0 unspecified atom stereocenters. The van der Waals surface area contributed by atoms with Gasteiger partial charge in [-0.1, -0.05) is 12.1 Å². The molecule has 0 heterocycles. The van der Waals surface area contributed by atoms with Crippen molar-refractivity contribution in [1.82, 2.24) is 0 Å². The second-order valence-corrected chi connectivity index (χ2v) is 3.58. The van der Waals surface area contributed by atoms with E-state index in [1.165, 1.54) is 7.11 Å². The third kappa shape index (κ3) is 3.17. The molecule has 1 rings (SSSR count). The molecule has 0 amide bonds. The number of ether oxygens (including phenoxy) is 1. The van der Waals surface area contributed by atoms with Gasteiger partial charge >= 0.3 is 0 Å². The van der Waals surface area contributed by atoms with Crippen molar-refractivity contribution in [3.05, 3.63) is 29.3 Å². The minimum atomic E-state index is -2.50. The van der Waals surface area contributed by atoms with Gasteiger partial charge in [0.05, 0.1) is 12.7 Å². The van der Waals surface area contributed by atoms with Crippen LogP contribution in [0.2, 0.25) is 0 Å². The Morgan fingerprint density at radius 1 is 1.31 bits per heavy atom. The molecule has 0 spiro atoms. The standard InChI is InChI=1S/C12H17F2NO/c1-16-10-7-4-6-9(5-2-3-8-15)11(10)12(13)14/h4,6-7,12H,2-3,5,8,15H2,1H3. The molecular weight excluding hydrogens is 212 g/mol. The fourth-order valence-electron chi connectivity index (χ4n) is 1.69. The molecule has 0 bridgehead atoms. The first-order chi connectivity index (χ1) is 7.70. The molecule has 2 N–H and O–H groups in total. The van der Waals surface area contributed by atoms with Gasteiger partial charge in [-0.05, 0) is 37.4 Å². The van der Waals surface area contributed by atoms with Gasteiger partial charge in [0.15, 0.2) is 0 Å². The lowest BCUT2D eigenvalue weighted by Gasteiger charge is -2.12. The van der Waals surface area contributed by atoms with Crippen molar-refractivity contribution < 1.29 is 13.5 Å². The number of rotatable bonds is 6. The summed E-state index contributed by atoms with van der Waals surface area (Å²) in [7, 11) is 1.41. The van der Waals surface area contributed by atoms with Crippen LogP contribution in [-0.2, 0) is 6.42 Å². The molecule has 0 fully saturated rings. The smallest absolute Gasteiger partial charge is 0.267 e. The van der Waals surface area contributed by atoms with E-state index in [9.17, 15) is 8.78 Å². The Kier molecular flexibility index (Phi) is 5.19. The Balaban J connectivity index is 2.89. The molecule has 0 aliphatic rings. The summed E-state index contributed by atoms with van der Waals surface area (Å²) in [5.41, 5.74) is 6.04. The number of alkyl halides is 2. The summed E-state index contributed by atoms with van der Waals surface area (Å²) in [6, 6.07) is 5.02. The summed E-state index contributed by atoms with van der Waals surface area (Å²) < 4.78 is 30.7. The van der Waals surface area contributed by atoms with Gasteiger partial charge in [-0.2, -0.15) is 0 Å². The van der Waals surface area contributed by atoms with Crippen molar-refractivity contribution in [2.24, 2.45) is 5.73 Å². The van der Waals surface area contributed by atoms with Crippen LogP contribution in [0.4, 0.5) is 8.78 Å². The zero-order valence-corrected chi connectivity index (χ0v) is 9.38. The van der Waals surface area contributed by atoms with Crippen molar-refractivity contribution >= 4 is 0 Å². The van der Waals surface area contributed by atoms with Crippen LogP contribution in [0.3, 0.4) is 0 Å². The van der Waals surface area contributed by atoms with E-state index in [0.717, 1.165) is 12.8 Å². The van der Waals surface area contributed by atoms with Gasteiger partial charge in [-0.15, -0.1) is 0 Å². The van der Waals surface area contributed by atoms with Crippen LogP contribution >= 0.6 is 0 Å². The molecule has 0 aliphatic carbocycles. The van der Waals surface area contributed by atoms with Crippen LogP contribution in [0.15, 0.2) is 18.2 Å². The lowest BCUT2D eigenvalue weighted by atomic mass is 10.0. The lowest BCUT2D eigenvalue weighted by molar-refractivity contribution is 0.146. The van der Waals surface area contributed by atoms with Crippen molar-refractivity contribution in [2.45, 2.75) is 25.7 Å². The van der Waals surface area contributed by atoms with Gasteiger partial charge in [0.25, 0.3) is 6.43 Å². The molecule has 0 atom stereocenters. The summed E-state index contributed by atoms with van der Waals surface area (Å²) in [5.74, 6) is 0.264. The lowest BCUT2D eigenvalue weighted by Crippen LogP contribution is -2.02. The molecule has 0 radical (unpaired) electrons. The Labute approximate surface area is 94.4 Å². The number of unbranched alkanes of at least 4 members (excludes halogenated alkanes) is 1. The minimum absolute atomic E-state index is 0.0158. The monoisotopic (exact) mass is 229 g/mol. The highest BCUT2D eigenvalue weighted by atomic mass is 19.3. The number of hydrogen-bond donors (Lipinski definition) is 1. The van der Waals surface area contributed by atoms with E-state index in [4.69, 9.17) is 10.5 Å². The second-order valence-electron chi connectivity index (χ2n) is 3.58. The van der Waals surface area contributed by atoms with E-state index >= 15 is 0 Å². The van der Waals surface area contributed by atoms with E-state index in [-0.39, 0.29) is 11.3 Å². The zero-order valence-electron chi connectivity index (χ0n) is 9.38. The minimum Gasteiger partial charge on any atom is -0.496 e. The number of nitrogens with two attached hydrogens (primary N) is 1. The normalized spacial score (nSPS) is 10.8. The van der Waals surface area contributed by atoms with E-state index in [2.05, 4.69) is 0 Å². The third-order valence-corrected chi connectivity index (χ3v) is 2.49. The van der Waals surface area contributed by atoms with Crippen LogP contribution in [0.5, 0.6) is 5.75 Å². The Bertz CT molecular complexity index is 329. The number of hydrogen-bond acceptors (Lipinski definition) is 2. The molecule has 90 valence electrons. The Morgan fingerprint density at radius 2 is 2.06 bits per heavy atom. The maximum absolute atomic E-state index is 12.9. The predicted octanol–water partition coefficient (Wildman–Crippen LogP) is 2.91. The van der Waals surface area contributed by atoms with Gasteiger partial charge in [0.2, 0.25) is 0 Å². The maximum Gasteiger partial charge on any atom is 0.267 e. The predicted molar refractivity (Wildman–Crippen MR) is 59.9 cm³/mol. The molecular formula is C12H17F2NO. The van der Waals surface area contributed by atoms with E-state index in [0.29, 0.717) is 18.5 Å². The van der Waals surface area contributed by atoms with Gasteiger partial charge in [0, 0.05) is 0 Å². The summed E-state index contributed by atoms with van der Waals surface area (Å²) >= 11 is 0. The fraction of sp³-hybridized carbons (Fsp3) is 0.500. The summed E-state index contributed by atoms with van der Waals surface area (Å²) in [5, 5.41) is 0. The van der Waals surface area contributed by atoms with Crippen LogP contribution in [0, 0.1) is 0 Å². The molecule has 16 heavy (non-hydrogen) atoms. The van der Waals surface area contributed by atoms with Crippen molar-refractivity contribution in [3.8, 4) is 5.75 Å². The van der Waals surface area contributed by atoms with Crippen LogP contribution in [0.1, 0.15) is 30.4 Å². The SMILES string of the molecule is COc1cccc(CCCCN)c1C(F)F. The molecule has 4 heteroatoms. The van der Waals surface area contributed by atoms with Crippen LogP contribution < -0.4 is 10.5 Å². The van der Waals surface area contributed by atoms with Gasteiger partial charge in [0.1, 0.15) is 5.75 Å². The first-order valence-corrected chi connectivity index (χ1v) is 5.34. The third-order valence-electron chi connectivity index (χ3n) is 2.49. The molecule has 1 aromatic rings. The van der Waals surface area contributed by atoms with Crippen LogP contribution in [-0.4, -0.2) is 13.7 Å².